The van der Waals surface area contributed by atoms with Gasteiger partial charge in [-0.25, -0.2) is 8.42 Å². The lowest BCUT2D eigenvalue weighted by Crippen LogP contribution is -2.35. The van der Waals surface area contributed by atoms with E-state index in [-0.39, 0.29) is 6.10 Å². The third-order valence-electron chi connectivity index (χ3n) is 4.23. The number of sulfonamides is 1. The zero-order valence-corrected chi connectivity index (χ0v) is 13.2. The summed E-state index contributed by atoms with van der Waals surface area (Å²) < 4.78 is 32.7. The zero-order valence-electron chi connectivity index (χ0n) is 12.3. The van der Waals surface area contributed by atoms with Gasteiger partial charge in [0.25, 0.3) is 0 Å². The molecule has 6 heteroatoms. The quantitative estimate of drug-likeness (QED) is 0.922. The third-order valence-corrected chi connectivity index (χ3v) is 6.13. The van der Waals surface area contributed by atoms with E-state index in [1.165, 1.54) is 4.31 Å². The lowest BCUT2D eigenvalue weighted by atomic mass is 10.0. The van der Waals surface area contributed by atoms with E-state index >= 15 is 0 Å². The molecule has 2 aliphatic heterocycles. The van der Waals surface area contributed by atoms with Crippen molar-refractivity contribution in [3.8, 4) is 0 Å². The molecule has 0 aliphatic carbocycles. The number of fused-ring (bicyclic) bond motifs is 1. The van der Waals surface area contributed by atoms with Crippen LogP contribution >= 0.6 is 0 Å². The summed E-state index contributed by atoms with van der Waals surface area (Å²) >= 11 is 0. The number of nitrogens with zero attached hydrogens (tertiary/aromatic N) is 1. The minimum Gasteiger partial charge on any atom is -0.385 e. The van der Waals surface area contributed by atoms with Gasteiger partial charge in [-0.05, 0) is 43.4 Å². The number of hydrogen-bond donors (Lipinski definition) is 1. The molecule has 1 N–H and O–H groups in total. The molecule has 21 heavy (non-hydrogen) atoms. The molecule has 1 atom stereocenters. The fraction of sp³-hybridized carbons (Fsp3) is 0.600. The molecule has 3 rings (SSSR count). The molecule has 0 aromatic heterocycles. The Morgan fingerprint density at radius 2 is 2.24 bits per heavy atom. The maximum absolute atomic E-state index is 12.8. The summed E-state index contributed by atoms with van der Waals surface area (Å²) in [6, 6.07) is 5.48. The van der Waals surface area contributed by atoms with Crippen LogP contribution in [0, 0.1) is 0 Å². The highest BCUT2D eigenvalue weighted by atomic mass is 32.2. The van der Waals surface area contributed by atoms with Crippen molar-refractivity contribution in [2.45, 2.75) is 36.7 Å². The van der Waals surface area contributed by atoms with E-state index < -0.39 is 10.0 Å². The first-order chi connectivity index (χ1) is 10.1. The maximum atomic E-state index is 12.8. The van der Waals surface area contributed by atoms with Crippen LogP contribution in [0.4, 0.5) is 5.69 Å². The smallest absolute Gasteiger partial charge is 0.243 e. The minimum atomic E-state index is -3.45. The Balaban J connectivity index is 1.87. The van der Waals surface area contributed by atoms with Gasteiger partial charge in [-0.3, -0.25) is 0 Å². The Kier molecular flexibility index (Phi) is 4.19. The molecule has 1 saturated heterocycles. The molecule has 2 aliphatic rings. The van der Waals surface area contributed by atoms with Gasteiger partial charge in [0.15, 0.2) is 0 Å². The summed E-state index contributed by atoms with van der Waals surface area (Å²) in [5.74, 6) is 0. The van der Waals surface area contributed by atoms with Crippen LogP contribution in [0.15, 0.2) is 23.1 Å². The zero-order chi connectivity index (χ0) is 14.9. The summed E-state index contributed by atoms with van der Waals surface area (Å²) in [7, 11) is -1.81. The Bertz CT molecular complexity index is 609. The molecule has 0 amide bonds. The summed E-state index contributed by atoms with van der Waals surface area (Å²) in [5, 5.41) is 3.28. The fourth-order valence-corrected chi connectivity index (χ4v) is 4.53. The minimum absolute atomic E-state index is 0.0300. The van der Waals surface area contributed by atoms with Crippen LogP contribution < -0.4 is 5.32 Å². The first kappa shape index (κ1) is 14.8. The topological polar surface area (TPSA) is 58.6 Å². The summed E-state index contributed by atoms with van der Waals surface area (Å²) in [4.78, 5) is 0.438. The van der Waals surface area contributed by atoms with Gasteiger partial charge in [0, 0.05) is 32.4 Å². The standard InChI is InChI=1S/C15H22N2O3S/c1-17(11-12-5-4-10-20-12)21(18,19)15-8-2-7-14-13(15)6-3-9-16-14/h2,7-8,12,16H,3-6,9-11H2,1H3. The lowest BCUT2D eigenvalue weighted by molar-refractivity contribution is 0.0979. The van der Waals surface area contributed by atoms with Crippen molar-refractivity contribution >= 4 is 15.7 Å². The van der Waals surface area contributed by atoms with E-state index in [0.29, 0.717) is 11.4 Å². The van der Waals surface area contributed by atoms with Crippen molar-refractivity contribution in [1.29, 1.82) is 0 Å². The number of hydrogen-bond acceptors (Lipinski definition) is 4. The van der Waals surface area contributed by atoms with Crippen LogP contribution in [0.5, 0.6) is 0 Å². The van der Waals surface area contributed by atoms with Crippen molar-refractivity contribution in [3.05, 3.63) is 23.8 Å². The number of anilines is 1. The molecular weight excluding hydrogens is 288 g/mol. The van der Waals surface area contributed by atoms with Gasteiger partial charge in [0.1, 0.15) is 0 Å². The van der Waals surface area contributed by atoms with Gasteiger partial charge < -0.3 is 10.1 Å². The summed E-state index contributed by atoms with van der Waals surface area (Å²) in [5.41, 5.74) is 1.87. The third kappa shape index (κ3) is 2.93. The molecule has 5 nitrogen and oxygen atoms in total. The van der Waals surface area contributed by atoms with E-state index in [4.69, 9.17) is 4.74 Å². The van der Waals surface area contributed by atoms with Gasteiger partial charge >= 0.3 is 0 Å². The average molecular weight is 310 g/mol. The number of rotatable bonds is 4. The van der Waals surface area contributed by atoms with Crippen molar-refractivity contribution in [3.63, 3.8) is 0 Å². The van der Waals surface area contributed by atoms with Crippen LogP contribution in [0.25, 0.3) is 0 Å². The van der Waals surface area contributed by atoms with Crippen molar-refractivity contribution < 1.29 is 13.2 Å². The SMILES string of the molecule is CN(CC1CCCO1)S(=O)(=O)c1cccc2c1CCCN2. The van der Waals surface area contributed by atoms with Crippen LogP contribution in [-0.2, 0) is 21.2 Å². The van der Waals surface area contributed by atoms with Gasteiger partial charge in [-0.15, -0.1) is 0 Å². The highest BCUT2D eigenvalue weighted by molar-refractivity contribution is 7.89. The van der Waals surface area contributed by atoms with E-state index in [1.54, 1.807) is 13.1 Å². The van der Waals surface area contributed by atoms with E-state index in [0.717, 1.165) is 50.1 Å². The number of likely N-dealkylation sites (N-methyl/N-ethyl adjacent to an activating group) is 1. The highest BCUT2D eigenvalue weighted by Gasteiger charge is 2.29. The lowest BCUT2D eigenvalue weighted by Gasteiger charge is -2.25. The molecule has 2 heterocycles. The second-order valence-electron chi connectivity index (χ2n) is 5.73. The molecule has 0 bridgehead atoms. The number of benzene rings is 1. The van der Waals surface area contributed by atoms with Crippen molar-refractivity contribution in [2.24, 2.45) is 0 Å². The van der Waals surface area contributed by atoms with E-state index in [2.05, 4.69) is 5.32 Å². The Morgan fingerprint density at radius 1 is 1.38 bits per heavy atom. The van der Waals surface area contributed by atoms with Gasteiger partial charge in [-0.1, -0.05) is 6.07 Å². The fourth-order valence-electron chi connectivity index (χ4n) is 3.06. The largest absolute Gasteiger partial charge is 0.385 e. The second kappa shape index (κ2) is 5.94. The average Bonchev–Trinajstić information content (AvgIpc) is 2.99. The highest BCUT2D eigenvalue weighted by Crippen LogP contribution is 2.30. The molecule has 1 aromatic rings. The number of nitrogens with one attached hydrogen (secondary N) is 1. The molecule has 0 radical (unpaired) electrons. The summed E-state index contributed by atoms with van der Waals surface area (Å²) in [6.45, 7) is 2.07. The van der Waals surface area contributed by atoms with Gasteiger partial charge in [-0.2, -0.15) is 4.31 Å². The van der Waals surface area contributed by atoms with Crippen molar-refractivity contribution in [1.82, 2.24) is 4.31 Å². The van der Waals surface area contributed by atoms with Crippen LogP contribution in [0.2, 0.25) is 0 Å². The summed E-state index contributed by atoms with van der Waals surface area (Å²) in [6.07, 6.45) is 3.76. The monoisotopic (exact) mass is 310 g/mol. The van der Waals surface area contributed by atoms with Gasteiger partial charge in [0.2, 0.25) is 10.0 Å². The van der Waals surface area contributed by atoms with Crippen molar-refractivity contribution in [2.75, 3.05) is 32.1 Å². The van der Waals surface area contributed by atoms with Crippen LogP contribution in [0.3, 0.4) is 0 Å². The molecule has 116 valence electrons. The molecule has 1 fully saturated rings. The molecular formula is C15H22N2O3S. The maximum Gasteiger partial charge on any atom is 0.243 e. The normalized spacial score (nSPS) is 22.1. The molecule has 1 unspecified atom stereocenters. The predicted octanol–water partition coefficient (Wildman–Crippen LogP) is 1.84. The number of ether oxygens (including phenoxy) is 1. The van der Waals surface area contributed by atoms with E-state index in [9.17, 15) is 8.42 Å². The Labute approximate surface area is 126 Å². The van der Waals surface area contributed by atoms with E-state index in [1.807, 2.05) is 12.1 Å². The van der Waals surface area contributed by atoms with Crippen LogP contribution in [-0.4, -0.2) is 45.6 Å². The first-order valence-electron chi connectivity index (χ1n) is 7.53. The predicted molar refractivity (Wildman–Crippen MR) is 82.0 cm³/mol. The first-order valence-corrected chi connectivity index (χ1v) is 8.97. The second-order valence-corrected chi connectivity index (χ2v) is 7.75. The Morgan fingerprint density at radius 3 is 3.00 bits per heavy atom. The van der Waals surface area contributed by atoms with Gasteiger partial charge in [0.05, 0.1) is 11.0 Å². The molecule has 0 saturated carbocycles. The van der Waals surface area contributed by atoms with Crippen LogP contribution in [0.1, 0.15) is 24.8 Å². The Hall–Kier alpha value is -1.11. The molecule has 1 aromatic carbocycles. The molecule has 0 spiro atoms.